The molecule has 2 aromatic rings. The Balaban J connectivity index is 1.90. The fourth-order valence-electron chi connectivity index (χ4n) is 1.64. The fraction of sp³-hybridized carbons (Fsp3) is 0.385. The zero-order valence-corrected chi connectivity index (χ0v) is 10.8. The molecule has 1 aromatic heterocycles. The van der Waals surface area contributed by atoms with Crippen molar-refractivity contribution in [2.75, 3.05) is 18.6 Å². The Morgan fingerprint density at radius 2 is 2.06 bits per heavy atom. The number of aromatic nitrogens is 2. The number of rotatable bonds is 6. The zero-order valence-electron chi connectivity index (χ0n) is 10.0. The maximum Gasteiger partial charge on any atom is 0.0890 e. The van der Waals surface area contributed by atoms with Crippen LogP contribution in [0.4, 0.5) is 0 Å². The largest absolute Gasteiger partial charge is 0.311 e. The van der Waals surface area contributed by atoms with Crippen LogP contribution in [-0.4, -0.2) is 28.5 Å². The van der Waals surface area contributed by atoms with E-state index in [1.165, 1.54) is 12.2 Å². The summed E-state index contributed by atoms with van der Waals surface area (Å²) in [6.07, 6.45) is 5.18. The second-order valence-electron chi connectivity index (χ2n) is 3.87. The van der Waals surface area contributed by atoms with E-state index in [4.69, 9.17) is 0 Å². The molecule has 0 bridgehead atoms. The summed E-state index contributed by atoms with van der Waals surface area (Å²) >= 11 is 1.88. The molecule has 1 heterocycles. The van der Waals surface area contributed by atoms with Gasteiger partial charge >= 0.3 is 0 Å². The van der Waals surface area contributed by atoms with Gasteiger partial charge in [-0.3, -0.25) is 4.98 Å². The average Bonchev–Trinajstić information content (AvgIpc) is 2.38. The minimum Gasteiger partial charge on any atom is -0.311 e. The molecule has 0 radical (unpaired) electrons. The molecule has 0 aliphatic rings. The lowest BCUT2D eigenvalue weighted by Crippen LogP contribution is -2.16. The first kappa shape index (κ1) is 12.3. The van der Waals surface area contributed by atoms with Crippen LogP contribution in [0.3, 0.4) is 0 Å². The molecule has 0 amide bonds. The van der Waals surface area contributed by atoms with Crippen LogP contribution in [0.15, 0.2) is 30.5 Å². The molecule has 4 heteroatoms. The highest BCUT2D eigenvalue weighted by Gasteiger charge is 1.98. The Bertz CT molecular complexity index is 473. The van der Waals surface area contributed by atoms with Crippen LogP contribution < -0.4 is 5.32 Å². The van der Waals surface area contributed by atoms with Gasteiger partial charge in [0.2, 0.25) is 0 Å². The van der Waals surface area contributed by atoms with Crippen LogP contribution in [-0.2, 0) is 6.54 Å². The third-order valence-corrected chi connectivity index (χ3v) is 3.20. The highest BCUT2D eigenvalue weighted by molar-refractivity contribution is 7.98. The summed E-state index contributed by atoms with van der Waals surface area (Å²) in [6.45, 7) is 1.83. The zero-order chi connectivity index (χ0) is 11.9. The molecule has 17 heavy (non-hydrogen) atoms. The summed E-state index contributed by atoms with van der Waals surface area (Å²) in [4.78, 5) is 8.95. The molecule has 0 unspecified atom stereocenters. The van der Waals surface area contributed by atoms with E-state index in [1.54, 1.807) is 0 Å². The van der Waals surface area contributed by atoms with Gasteiger partial charge in [0, 0.05) is 6.54 Å². The lowest BCUT2D eigenvalue weighted by atomic mass is 10.3. The van der Waals surface area contributed by atoms with E-state index in [0.717, 1.165) is 29.8 Å². The molecule has 2 rings (SSSR count). The van der Waals surface area contributed by atoms with Crippen molar-refractivity contribution in [3.05, 3.63) is 36.2 Å². The van der Waals surface area contributed by atoms with Gasteiger partial charge in [0.1, 0.15) is 0 Å². The summed E-state index contributed by atoms with van der Waals surface area (Å²) in [5.74, 6) is 1.20. The Morgan fingerprint density at radius 3 is 2.88 bits per heavy atom. The van der Waals surface area contributed by atoms with E-state index in [2.05, 4.69) is 21.5 Å². The molecule has 0 fully saturated rings. The minimum absolute atomic E-state index is 0.798. The molecule has 0 saturated heterocycles. The quantitative estimate of drug-likeness (QED) is 0.796. The van der Waals surface area contributed by atoms with E-state index >= 15 is 0 Å². The standard InChI is InChI=1S/C13H17N3S/c1-17-8-4-7-14-9-11-10-15-12-5-2-3-6-13(12)16-11/h2-3,5-6,10,14H,4,7-9H2,1H3. The number of benzene rings is 1. The Kier molecular flexibility index (Phi) is 4.76. The molecular formula is C13H17N3S. The van der Waals surface area contributed by atoms with Gasteiger partial charge in [-0.15, -0.1) is 0 Å². The number of nitrogens with zero attached hydrogens (tertiary/aromatic N) is 2. The lowest BCUT2D eigenvalue weighted by molar-refractivity contribution is 0.667. The minimum atomic E-state index is 0.798. The SMILES string of the molecule is CSCCCNCc1cnc2ccccc2n1. The second kappa shape index (κ2) is 6.57. The molecule has 0 atom stereocenters. The highest BCUT2D eigenvalue weighted by atomic mass is 32.2. The van der Waals surface area contributed by atoms with E-state index in [1.807, 2.05) is 42.2 Å². The van der Waals surface area contributed by atoms with Gasteiger partial charge in [0.25, 0.3) is 0 Å². The number of para-hydroxylation sites is 2. The normalized spacial score (nSPS) is 10.9. The van der Waals surface area contributed by atoms with Crippen LogP contribution >= 0.6 is 11.8 Å². The first-order chi connectivity index (χ1) is 8.40. The van der Waals surface area contributed by atoms with Crippen LogP contribution in [0.5, 0.6) is 0 Å². The van der Waals surface area contributed by atoms with Gasteiger partial charge in [-0.2, -0.15) is 11.8 Å². The number of fused-ring (bicyclic) bond motifs is 1. The van der Waals surface area contributed by atoms with Crippen molar-refractivity contribution in [2.24, 2.45) is 0 Å². The predicted octanol–water partition coefficient (Wildman–Crippen LogP) is 2.47. The van der Waals surface area contributed by atoms with Crippen molar-refractivity contribution in [2.45, 2.75) is 13.0 Å². The van der Waals surface area contributed by atoms with Gasteiger partial charge in [-0.05, 0) is 37.1 Å². The molecule has 0 saturated carbocycles. The maximum atomic E-state index is 4.56. The fourth-order valence-corrected chi connectivity index (χ4v) is 2.07. The molecular weight excluding hydrogens is 230 g/mol. The Hall–Kier alpha value is -1.13. The van der Waals surface area contributed by atoms with Crippen molar-refractivity contribution >= 4 is 22.8 Å². The van der Waals surface area contributed by atoms with Crippen molar-refractivity contribution in [3.8, 4) is 0 Å². The average molecular weight is 247 g/mol. The van der Waals surface area contributed by atoms with Crippen LogP contribution in [0.25, 0.3) is 11.0 Å². The van der Waals surface area contributed by atoms with Crippen molar-refractivity contribution < 1.29 is 0 Å². The molecule has 1 aromatic carbocycles. The summed E-state index contributed by atoms with van der Waals surface area (Å²) < 4.78 is 0. The predicted molar refractivity (Wildman–Crippen MR) is 74.2 cm³/mol. The molecule has 90 valence electrons. The summed E-state index contributed by atoms with van der Waals surface area (Å²) in [5.41, 5.74) is 2.93. The van der Waals surface area contributed by atoms with Crippen molar-refractivity contribution in [3.63, 3.8) is 0 Å². The van der Waals surface area contributed by atoms with E-state index in [-0.39, 0.29) is 0 Å². The van der Waals surface area contributed by atoms with E-state index < -0.39 is 0 Å². The van der Waals surface area contributed by atoms with Gasteiger partial charge in [-0.25, -0.2) is 4.98 Å². The first-order valence-corrected chi connectivity index (χ1v) is 7.20. The van der Waals surface area contributed by atoms with Crippen molar-refractivity contribution in [1.29, 1.82) is 0 Å². The molecule has 1 N–H and O–H groups in total. The topological polar surface area (TPSA) is 37.8 Å². The number of hydrogen-bond acceptors (Lipinski definition) is 4. The summed E-state index contributed by atoms with van der Waals surface area (Å²) in [7, 11) is 0. The monoisotopic (exact) mass is 247 g/mol. The summed E-state index contributed by atoms with van der Waals surface area (Å²) in [5, 5.41) is 3.39. The van der Waals surface area contributed by atoms with Gasteiger partial charge in [0.15, 0.2) is 0 Å². The molecule has 0 aliphatic heterocycles. The smallest absolute Gasteiger partial charge is 0.0890 e. The van der Waals surface area contributed by atoms with Gasteiger partial charge in [0.05, 0.1) is 22.9 Å². The molecule has 3 nitrogen and oxygen atoms in total. The molecule has 0 aliphatic carbocycles. The lowest BCUT2D eigenvalue weighted by Gasteiger charge is -2.04. The second-order valence-corrected chi connectivity index (χ2v) is 4.86. The number of nitrogens with one attached hydrogen (secondary N) is 1. The Morgan fingerprint density at radius 1 is 1.24 bits per heavy atom. The maximum absolute atomic E-state index is 4.56. The summed E-state index contributed by atoms with van der Waals surface area (Å²) in [6, 6.07) is 7.96. The van der Waals surface area contributed by atoms with Crippen LogP contribution in [0.2, 0.25) is 0 Å². The molecule has 0 spiro atoms. The highest BCUT2D eigenvalue weighted by Crippen LogP contribution is 2.08. The van der Waals surface area contributed by atoms with Crippen molar-refractivity contribution in [1.82, 2.24) is 15.3 Å². The third kappa shape index (κ3) is 3.68. The van der Waals surface area contributed by atoms with Gasteiger partial charge < -0.3 is 5.32 Å². The van der Waals surface area contributed by atoms with E-state index in [9.17, 15) is 0 Å². The van der Waals surface area contributed by atoms with Gasteiger partial charge in [-0.1, -0.05) is 12.1 Å². The third-order valence-electron chi connectivity index (χ3n) is 2.51. The first-order valence-electron chi connectivity index (χ1n) is 5.80. The van der Waals surface area contributed by atoms with E-state index in [0.29, 0.717) is 0 Å². The number of hydrogen-bond donors (Lipinski definition) is 1. The van der Waals surface area contributed by atoms with Crippen LogP contribution in [0.1, 0.15) is 12.1 Å². The number of thioether (sulfide) groups is 1. The van der Waals surface area contributed by atoms with Crippen LogP contribution in [0, 0.1) is 0 Å². The Labute approximate surface area is 106 Å².